The summed E-state index contributed by atoms with van der Waals surface area (Å²) in [5, 5.41) is 2.33. The molecule has 120 valence electrons. The predicted molar refractivity (Wildman–Crippen MR) is 81.0 cm³/mol. The third-order valence-corrected chi connectivity index (χ3v) is 5.55. The van der Waals surface area contributed by atoms with Crippen LogP contribution in [0.1, 0.15) is 13.8 Å². The maximum absolute atomic E-state index is 14.1. The van der Waals surface area contributed by atoms with Crippen molar-refractivity contribution >= 4 is 27.9 Å². The maximum Gasteiger partial charge on any atom is 0.183 e. The Bertz CT molecular complexity index is 602. The fourth-order valence-electron chi connectivity index (χ4n) is 2.14. The topological polar surface area (TPSA) is 49.4 Å². The molecule has 0 amide bonds. The van der Waals surface area contributed by atoms with Crippen molar-refractivity contribution in [1.29, 1.82) is 0 Å². The molecule has 1 aliphatic rings. The minimum Gasteiger partial charge on any atom is -0.367 e. The molecule has 1 N–H and O–H groups in total. The smallest absolute Gasteiger partial charge is 0.183 e. The van der Waals surface area contributed by atoms with Crippen LogP contribution in [-0.2, 0) is 9.84 Å². The van der Waals surface area contributed by atoms with E-state index in [1.807, 2.05) is 0 Å². The number of piperazine rings is 1. The lowest BCUT2D eigenvalue weighted by molar-refractivity contribution is 0.537. The molecule has 8 heteroatoms. The zero-order valence-corrected chi connectivity index (χ0v) is 13.5. The largest absolute Gasteiger partial charge is 0.367 e. The number of nitrogens with one attached hydrogen (secondary N) is 1. The van der Waals surface area contributed by atoms with Crippen LogP contribution in [0.4, 0.5) is 14.5 Å². The normalized spacial score (nSPS) is 16.0. The number of hydrogen-bond donors (Lipinski definition) is 1. The lowest BCUT2D eigenvalue weighted by atomic mass is 10.2. The number of rotatable bonds is 3. The van der Waals surface area contributed by atoms with Crippen molar-refractivity contribution in [3.8, 4) is 0 Å². The van der Waals surface area contributed by atoms with E-state index in [9.17, 15) is 17.2 Å². The Morgan fingerprint density at radius 1 is 1.14 bits per heavy atom. The summed E-state index contributed by atoms with van der Waals surface area (Å²) in [4.78, 5) is 1.14. The molecule has 0 aromatic heterocycles. The molecule has 1 aromatic rings. The van der Waals surface area contributed by atoms with Crippen LogP contribution in [-0.4, -0.2) is 39.8 Å². The van der Waals surface area contributed by atoms with E-state index in [4.69, 9.17) is 0 Å². The number of anilines is 1. The highest BCUT2D eigenvalue weighted by Crippen LogP contribution is 2.28. The fraction of sp³-hybridized carbons (Fsp3) is 0.538. The van der Waals surface area contributed by atoms with Crippen LogP contribution >= 0.6 is 12.4 Å². The first kappa shape index (κ1) is 18.1. The van der Waals surface area contributed by atoms with Crippen LogP contribution in [0.2, 0.25) is 0 Å². The molecule has 1 saturated heterocycles. The first-order valence-corrected chi connectivity index (χ1v) is 8.07. The molecule has 1 aromatic carbocycles. The summed E-state index contributed by atoms with van der Waals surface area (Å²) in [6, 6.07) is 1.78. The van der Waals surface area contributed by atoms with E-state index >= 15 is 0 Å². The lowest BCUT2D eigenvalue weighted by Gasteiger charge is -2.30. The molecular weight excluding hydrogens is 322 g/mol. The van der Waals surface area contributed by atoms with Gasteiger partial charge in [0.2, 0.25) is 0 Å². The first-order valence-electron chi connectivity index (χ1n) is 6.52. The molecule has 21 heavy (non-hydrogen) atoms. The molecule has 4 nitrogen and oxygen atoms in total. The van der Waals surface area contributed by atoms with Gasteiger partial charge in [0.25, 0.3) is 0 Å². The molecule has 0 aliphatic carbocycles. The quantitative estimate of drug-likeness (QED) is 0.914. The van der Waals surface area contributed by atoms with Gasteiger partial charge in [-0.05, 0) is 19.9 Å². The van der Waals surface area contributed by atoms with Crippen LogP contribution in [0.15, 0.2) is 17.0 Å². The SMILES string of the molecule is CC(C)S(=O)(=O)c1cc(F)c(N2CCNCC2)cc1F.Cl. The average molecular weight is 341 g/mol. The highest BCUT2D eigenvalue weighted by molar-refractivity contribution is 7.92. The Balaban J connectivity index is 0.00000220. The summed E-state index contributed by atoms with van der Waals surface area (Å²) in [5.41, 5.74) is 0.117. The van der Waals surface area contributed by atoms with Gasteiger partial charge in [-0.3, -0.25) is 0 Å². The molecule has 0 bridgehead atoms. The molecule has 1 heterocycles. The highest BCUT2D eigenvalue weighted by Gasteiger charge is 2.26. The van der Waals surface area contributed by atoms with E-state index in [1.54, 1.807) is 4.90 Å². The number of halogens is 3. The Labute approximate surface area is 129 Å². The third kappa shape index (κ3) is 3.64. The monoisotopic (exact) mass is 340 g/mol. The summed E-state index contributed by atoms with van der Waals surface area (Å²) in [6.45, 7) is 5.38. The van der Waals surface area contributed by atoms with Gasteiger partial charge in [-0.2, -0.15) is 0 Å². The van der Waals surface area contributed by atoms with Crippen molar-refractivity contribution in [2.24, 2.45) is 0 Å². The first-order chi connectivity index (χ1) is 9.34. The minimum absolute atomic E-state index is 0. The van der Waals surface area contributed by atoms with Gasteiger partial charge in [-0.15, -0.1) is 12.4 Å². The van der Waals surface area contributed by atoms with Crippen molar-refractivity contribution in [3.05, 3.63) is 23.8 Å². The molecule has 0 saturated carbocycles. The standard InChI is InChI=1S/C13H18F2N2O2S.ClH/c1-9(2)20(18,19)13-8-10(14)12(7-11(13)15)17-5-3-16-4-6-17;/h7-9,16H,3-6H2,1-2H3;1H. The van der Waals surface area contributed by atoms with Crippen molar-refractivity contribution in [3.63, 3.8) is 0 Å². The van der Waals surface area contributed by atoms with E-state index < -0.39 is 31.6 Å². The summed E-state index contributed by atoms with van der Waals surface area (Å²) in [5.74, 6) is -1.60. The van der Waals surface area contributed by atoms with Gasteiger partial charge in [0, 0.05) is 32.2 Å². The van der Waals surface area contributed by atoms with Crippen molar-refractivity contribution in [2.45, 2.75) is 24.0 Å². The van der Waals surface area contributed by atoms with Crippen molar-refractivity contribution in [2.75, 3.05) is 31.1 Å². The highest BCUT2D eigenvalue weighted by atomic mass is 35.5. The van der Waals surface area contributed by atoms with Gasteiger partial charge in [0.1, 0.15) is 16.5 Å². The summed E-state index contributed by atoms with van der Waals surface area (Å²) >= 11 is 0. The van der Waals surface area contributed by atoms with Crippen LogP contribution < -0.4 is 10.2 Å². The van der Waals surface area contributed by atoms with Crippen molar-refractivity contribution in [1.82, 2.24) is 5.32 Å². The number of hydrogen-bond acceptors (Lipinski definition) is 4. The number of sulfone groups is 1. The van der Waals surface area contributed by atoms with Crippen molar-refractivity contribution < 1.29 is 17.2 Å². The van der Waals surface area contributed by atoms with E-state index in [0.29, 0.717) is 26.2 Å². The molecule has 0 spiro atoms. The molecule has 2 rings (SSSR count). The lowest BCUT2D eigenvalue weighted by Crippen LogP contribution is -2.44. The Morgan fingerprint density at radius 3 is 2.24 bits per heavy atom. The van der Waals surface area contributed by atoms with Gasteiger partial charge in [-0.1, -0.05) is 0 Å². The fourth-order valence-corrected chi connectivity index (χ4v) is 3.24. The van der Waals surface area contributed by atoms with Gasteiger partial charge >= 0.3 is 0 Å². The maximum atomic E-state index is 14.1. The summed E-state index contributed by atoms with van der Waals surface area (Å²) < 4.78 is 52.1. The average Bonchev–Trinajstić information content (AvgIpc) is 2.41. The van der Waals surface area contributed by atoms with Crippen LogP contribution in [0.5, 0.6) is 0 Å². The zero-order chi connectivity index (χ0) is 14.9. The van der Waals surface area contributed by atoms with Gasteiger partial charge in [0.05, 0.1) is 10.9 Å². The molecule has 0 atom stereocenters. The summed E-state index contributed by atoms with van der Waals surface area (Å²) in [7, 11) is -3.82. The molecular formula is C13H19ClF2N2O2S. The Hall–Kier alpha value is -0.920. The summed E-state index contributed by atoms with van der Waals surface area (Å²) in [6.07, 6.45) is 0. The Morgan fingerprint density at radius 2 is 1.71 bits per heavy atom. The number of nitrogens with zero attached hydrogens (tertiary/aromatic N) is 1. The van der Waals surface area contributed by atoms with E-state index in [1.165, 1.54) is 13.8 Å². The van der Waals surface area contributed by atoms with E-state index in [0.717, 1.165) is 12.1 Å². The molecule has 0 radical (unpaired) electrons. The zero-order valence-electron chi connectivity index (χ0n) is 11.9. The molecule has 1 aliphatic heterocycles. The second-order valence-corrected chi connectivity index (χ2v) is 7.54. The minimum atomic E-state index is -3.82. The second kappa shape index (κ2) is 6.89. The molecule has 1 fully saturated rings. The van der Waals surface area contributed by atoms with Gasteiger partial charge < -0.3 is 10.2 Å². The van der Waals surface area contributed by atoms with E-state index in [2.05, 4.69) is 5.32 Å². The number of benzene rings is 1. The molecule has 0 unspecified atom stereocenters. The second-order valence-electron chi connectivity index (χ2n) is 5.06. The third-order valence-electron chi connectivity index (χ3n) is 3.39. The Kier molecular flexibility index (Phi) is 5.95. The van der Waals surface area contributed by atoms with Crippen LogP contribution in [0.25, 0.3) is 0 Å². The van der Waals surface area contributed by atoms with Gasteiger partial charge in [0.15, 0.2) is 9.84 Å². The van der Waals surface area contributed by atoms with Gasteiger partial charge in [-0.25, -0.2) is 17.2 Å². The van der Waals surface area contributed by atoms with Crippen LogP contribution in [0.3, 0.4) is 0 Å². The van der Waals surface area contributed by atoms with E-state index in [-0.39, 0.29) is 18.1 Å². The van der Waals surface area contributed by atoms with Crippen LogP contribution in [0, 0.1) is 11.6 Å². The predicted octanol–water partition coefficient (Wildman–Crippen LogP) is 1.98.